The van der Waals surface area contributed by atoms with Crippen molar-refractivity contribution in [2.24, 2.45) is 0 Å². The van der Waals surface area contributed by atoms with Crippen LogP contribution in [0.5, 0.6) is 0 Å². The second kappa shape index (κ2) is 11.4. The molecule has 234 valence electrons. The molecule has 0 N–H and O–H groups in total. The van der Waals surface area contributed by atoms with E-state index >= 15 is 0 Å². The van der Waals surface area contributed by atoms with E-state index in [0.717, 1.165) is 77.1 Å². The first kappa shape index (κ1) is 28.2. The fourth-order valence-electron chi connectivity index (χ4n) is 7.16. The largest absolute Gasteiger partial charge is 0.455 e. The van der Waals surface area contributed by atoms with Crippen LogP contribution in [0.2, 0.25) is 0 Å². The summed E-state index contributed by atoms with van der Waals surface area (Å²) in [6.07, 6.45) is 0. The van der Waals surface area contributed by atoms with Gasteiger partial charge >= 0.3 is 0 Å². The summed E-state index contributed by atoms with van der Waals surface area (Å²) in [6, 6.07) is 58.5. The van der Waals surface area contributed by atoms with Gasteiger partial charge in [0.1, 0.15) is 11.2 Å². The molecule has 10 aromatic rings. The van der Waals surface area contributed by atoms with Crippen LogP contribution in [-0.2, 0) is 0 Å². The van der Waals surface area contributed by atoms with Crippen molar-refractivity contribution in [3.63, 3.8) is 0 Å². The Hall–Kier alpha value is -6.85. The van der Waals surface area contributed by atoms with Crippen LogP contribution in [0.1, 0.15) is 0 Å². The molecule has 0 spiro atoms. The van der Waals surface area contributed by atoms with E-state index in [1.54, 1.807) is 0 Å². The van der Waals surface area contributed by atoms with Crippen molar-refractivity contribution in [2.45, 2.75) is 0 Å². The molecule has 3 heterocycles. The normalized spacial score (nSPS) is 11.6. The van der Waals surface area contributed by atoms with Crippen LogP contribution >= 0.6 is 0 Å². The molecule has 0 radical (unpaired) electrons. The van der Waals surface area contributed by atoms with E-state index in [2.05, 4.69) is 126 Å². The Morgan fingerprint density at radius 3 is 1.68 bits per heavy atom. The number of furan rings is 1. The summed E-state index contributed by atoms with van der Waals surface area (Å²) in [5, 5.41) is 4.42. The summed E-state index contributed by atoms with van der Waals surface area (Å²) < 4.78 is 8.74. The quantitative estimate of drug-likeness (QED) is 0.188. The van der Waals surface area contributed by atoms with Gasteiger partial charge in [0.15, 0.2) is 11.6 Å². The number of rotatable bonds is 5. The first-order chi connectivity index (χ1) is 24.8. The zero-order valence-corrected chi connectivity index (χ0v) is 26.9. The summed E-state index contributed by atoms with van der Waals surface area (Å²) >= 11 is 0. The highest BCUT2D eigenvalue weighted by molar-refractivity contribution is 6.17. The number of nitrogens with zero attached hydrogens (tertiary/aromatic N) is 4. The zero-order chi connectivity index (χ0) is 33.0. The van der Waals surface area contributed by atoms with Gasteiger partial charge in [0.05, 0.1) is 11.0 Å². The first-order valence-electron chi connectivity index (χ1n) is 16.7. The maximum absolute atomic E-state index is 6.55. The molecule has 3 aromatic heterocycles. The van der Waals surface area contributed by atoms with Crippen LogP contribution in [0.25, 0.3) is 94.7 Å². The SMILES string of the molecule is c1ccc(-c2ccc(-c3nc(-c4ccccc4)nc(-n4c5ccccc5c5cccc(-c6cccc7c6oc6ccccc67)c54)n3)cc2)cc1. The number of hydrogen-bond acceptors (Lipinski definition) is 4. The van der Waals surface area contributed by atoms with Gasteiger partial charge in [0.2, 0.25) is 5.95 Å². The molecule has 0 aliphatic heterocycles. The van der Waals surface area contributed by atoms with Gasteiger partial charge in [-0.05, 0) is 23.3 Å². The summed E-state index contributed by atoms with van der Waals surface area (Å²) in [6.45, 7) is 0. The highest BCUT2D eigenvalue weighted by atomic mass is 16.3. The monoisotopic (exact) mass is 640 g/mol. The van der Waals surface area contributed by atoms with Crippen LogP contribution < -0.4 is 0 Å². The summed E-state index contributed by atoms with van der Waals surface area (Å²) in [5.41, 5.74) is 9.95. The molecule has 10 rings (SSSR count). The summed E-state index contributed by atoms with van der Waals surface area (Å²) in [5.74, 6) is 1.77. The van der Waals surface area contributed by atoms with E-state index < -0.39 is 0 Å². The predicted octanol–water partition coefficient (Wildman–Crippen LogP) is 11.5. The Morgan fingerprint density at radius 2 is 0.920 bits per heavy atom. The lowest BCUT2D eigenvalue weighted by Crippen LogP contribution is -2.07. The predicted molar refractivity (Wildman–Crippen MR) is 203 cm³/mol. The Kier molecular flexibility index (Phi) is 6.42. The third kappa shape index (κ3) is 4.52. The molecule has 0 saturated heterocycles. The highest BCUT2D eigenvalue weighted by Crippen LogP contribution is 2.42. The van der Waals surface area contributed by atoms with Crippen LogP contribution in [0.3, 0.4) is 0 Å². The lowest BCUT2D eigenvalue weighted by atomic mass is 9.99. The second-order valence-corrected chi connectivity index (χ2v) is 12.4. The molecule has 7 aromatic carbocycles. The Balaban J connectivity index is 1.25. The standard InChI is InChI=1S/C45H28N4O/c1-3-13-29(14-4-1)30-25-27-32(28-26-30)44-46-43(31-15-5-2-6-16-31)47-45(48-44)49-39-23-9-7-17-33(39)35-19-11-20-36(41(35)49)38-22-12-21-37-34-18-8-10-24-40(34)50-42(37)38/h1-28H. The maximum Gasteiger partial charge on any atom is 0.238 e. The molecule has 0 bridgehead atoms. The van der Waals surface area contributed by atoms with Gasteiger partial charge in [0, 0.05) is 43.8 Å². The van der Waals surface area contributed by atoms with Gasteiger partial charge in [-0.3, -0.25) is 4.57 Å². The van der Waals surface area contributed by atoms with Gasteiger partial charge in [0.25, 0.3) is 0 Å². The molecule has 0 unspecified atom stereocenters. The van der Waals surface area contributed by atoms with Gasteiger partial charge < -0.3 is 4.42 Å². The molecule has 0 aliphatic rings. The molecule has 5 heteroatoms. The fraction of sp³-hybridized carbons (Fsp3) is 0. The van der Waals surface area contributed by atoms with E-state index in [1.807, 2.05) is 48.5 Å². The second-order valence-electron chi connectivity index (χ2n) is 12.4. The van der Waals surface area contributed by atoms with Crippen molar-refractivity contribution < 1.29 is 4.42 Å². The third-order valence-corrected chi connectivity index (χ3v) is 9.50. The van der Waals surface area contributed by atoms with Crippen LogP contribution in [0.15, 0.2) is 174 Å². The fourth-order valence-corrected chi connectivity index (χ4v) is 7.16. The molecule has 0 saturated carbocycles. The van der Waals surface area contributed by atoms with Gasteiger partial charge in [-0.25, -0.2) is 4.98 Å². The van der Waals surface area contributed by atoms with Crippen molar-refractivity contribution in [3.05, 3.63) is 170 Å². The minimum absolute atomic E-state index is 0.552. The number of hydrogen-bond donors (Lipinski definition) is 0. The first-order valence-corrected chi connectivity index (χ1v) is 16.7. The molecule has 0 atom stereocenters. The van der Waals surface area contributed by atoms with Crippen LogP contribution in [0, 0.1) is 0 Å². The van der Waals surface area contributed by atoms with E-state index in [1.165, 1.54) is 0 Å². The summed E-state index contributed by atoms with van der Waals surface area (Å²) in [4.78, 5) is 15.5. The lowest BCUT2D eigenvalue weighted by molar-refractivity contribution is 0.670. The van der Waals surface area contributed by atoms with Crippen molar-refractivity contribution >= 4 is 43.7 Å². The molecular formula is C45H28N4O. The molecule has 50 heavy (non-hydrogen) atoms. The van der Waals surface area contributed by atoms with E-state index in [9.17, 15) is 0 Å². The molecule has 0 fully saturated rings. The number of para-hydroxylation sites is 4. The van der Waals surface area contributed by atoms with E-state index in [0.29, 0.717) is 17.6 Å². The Labute approximate surface area is 287 Å². The van der Waals surface area contributed by atoms with Crippen molar-refractivity contribution in [3.8, 4) is 51.0 Å². The van der Waals surface area contributed by atoms with E-state index in [-0.39, 0.29) is 0 Å². The smallest absolute Gasteiger partial charge is 0.238 e. The van der Waals surface area contributed by atoms with Gasteiger partial charge in [-0.1, -0.05) is 158 Å². The molecular weight excluding hydrogens is 613 g/mol. The van der Waals surface area contributed by atoms with Crippen LogP contribution in [0.4, 0.5) is 0 Å². The number of fused-ring (bicyclic) bond motifs is 6. The van der Waals surface area contributed by atoms with E-state index in [4.69, 9.17) is 19.4 Å². The van der Waals surface area contributed by atoms with Crippen LogP contribution in [-0.4, -0.2) is 19.5 Å². The average Bonchev–Trinajstić information content (AvgIpc) is 3.75. The topological polar surface area (TPSA) is 56.7 Å². The minimum Gasteiger partial charge on any atom is -0.455 e. The molecule has 0 amide bonds. The van der Waals surface area contributed by atoms with Gasteiger partial charge in [-0.15, -0.1) is 0 Å². The lowest BCUT2D eigenvalue weighted by Gasteiger charge is -2.13. The molecule has 0 aliphatic carbocycles. The van der Waals surface area contributed by atoms with Crippen molar-refractivity contribution in [2.75, 3.05) is 0 Å². The Morgan fingerprint density at radius 1 is 0.380 bits per heavy atom. The third-order valence-electron chi connectivity index (χ3n) is 9.50. The summed E-state index contributed by atoms with van der Waals surface area (Å²) in [7, 11) is 0. The maximum atomic E-state index is 6.55. The minimum atomic E-state index is 0.552. The molecule has 5 nitrogen and oxygen atoms in total. The van der Waals surface area contributed by atoms with Crippen molar-refractivity contribution in [1.82, 2.24) is 19.5 Å². The average molecular weight is 641 g/mol. The Bertz CT molecular complexity index is 2850. The number of aromatic nitrogens is 4. The highest BCUT2D eigenvalue weighted by Gasteiger charge is 2.22. The van der Waals surface area contributed by atoms with Crippen molar-refractivity contribution in [1.29, 1.82) is 0 Å². The van der Waals surface area contributed by atoms with Gasteiger partial charge in [-0.2, -0.15) is 9.97 Å². The number of benzene rings is 7. The zero-order valence-electron chi connectivity index (χ0n) is 26.9.